The van der Waals surface area contributed by atoms with Gasteiger partial charge in [-0.15, -0.1) is 0 Å². The van der Waals surface area contributed by atoms with Crippen molar-refractivity contribution in [3.8, 4) is 28.3 Å². The third-order valence-electron chi connectivity index (χ3n) is 14.3. The minimum Gasteiger partial charge on any atom is -0.238 e. The van der Waals surface area contributed by atoms with E-state index in [0.717, 1.165) is 43.2 Å². The fourth-order valence-electron chi connectivity index (χ4n) is 11.6. The van der Waals surface area contributed by atoms with Gasteiger partial charge in [0, 0.05) is 5.39 Å². The van der Waals surface area contributed by atoms with Gasteiger partial charge in [-0.1, -0.05) is 184 Å². The van der Waals surface area contributed by atoms with Crippen LogP contribution in [0.4, 0.5) is 5.69 Å². The summed E-state index contributed by atoms with van der Waals surface area (Å²) in [4.78, 5) is 4.27. The second-order valence-electron chi connectivity index (χ2n) is 17.3. The highest BCUT2D eigenvalue weighted by Crippen LogP contribution is 2.41. The summed E-state index contributed by atoms with van der Waals surface area (Å²) < 4.78 is 0. The normalized spacial score (nSPS) is 12.7. The van der Waals surface area contributed by atoms with Crippen LogP contribution >= 0.6 is 0 Å². The number of hydrogen-bond donors (Lipinski definition) is 0. The van der Waals surface area contributed by atoms with Gasteiger partial charge in [-0.05, 0) is 123 Å². The van der Waals surface area contributed by atoms with Crippen LogP contribution in [0.1, 0.15) is 5.56 Å². The molecule has 0 N–H and O–H groups in total. The smallest absolute Gasteiger partial charge is 0.238 e. The summed E-state index contributed by atoms with van der Waals surface area (Å²) in [6, 6.07) is 69.2. The van der Waals surface area contributed by atoms with Gasteiger partial charge in [0.05, 0.1) is 18.2 Å². The highest BCUT2D eigenvalue weighted by Gasteiger charge is 2.38. The van der Waals surface area contributed by atoms with Crippen molar-refractivity contribution in [1.29, 1.82) is 5.26 Å². The van der Waals surface area contributed by atoms with Crippen molar-refractivity contribution < 1.29 is 0 Å². The summed E-state index contributed by atoms with van der Waals surface area (Å²) in [5.41, 5.74) is 13.6. The summed E-state index contributed by atoms with van der Waals surface area (Å²) in [6.07, 6.45) is 0. The van der Waals surface area contributed by atoms with Crippen LogP contribution in [0.2, 0.25) is 0 Å². The molecule has 12 aromatic carbocycles. The lowest BCUT2D eigenvalue weighted by atomic mass is 9.37. The van der Waals surface area contributed by atoms with E-state index in [2.05, 4.69) is 193 Å². The highest BCUT2D eigenvalue weighted by molar-refractivity contribution is 7.01. The van der Waals surface area contributed by atoms with E-state index in [4.69, 9.17) is 6.57 Å². The molecule has 12 aromatic rings. The Morgan fingerprint density at radius 3 is 1.05 bits per heavy atom. The molecular weight excluding hydrogens is 746 g/mol. The highest BCUT2D eigenvalue weighted by atomic mass is 14.6. The summed E-state index contributed by atoms with van der Waals surface area (Å²) in [5.74, 6) is 0. The molecule has 4 heteroatoms. The molecule has 0 unspecified atom stereocenters. The molecule has 62 heavy (non-hydrogen) atoms. The molecule has 2 aliphatic rings. The molecule has 0 saturated carbocycles. The van der Waals surface area contributed by atoms with Gasteiger partial charge >= 0.3 is 0 Å². The molecule has 2 heterocycles. The van der Waals surface area contributed by atoms with Gasteiger partial charge < -0.3 is 0 Å². The van der Waals surface area contributed by atoms with Crippen LogP contribution in [0.15, 0.2) is 182 Å². The third-order valence-corrected chi connectivity index (χ3v) is 14.3. The van der Waals surface area contributed by atoms with Gasteiger partial charge in [0.15, 0.2) is 5.69 Å². The molecule has 2 aliphatic heterocycles. The lowest BCUT2D eigenvalue weighted by molar-refractivity contribution is 1.51. The Morgan fingerprint density at radius 1 is 0.355 bits per heavy atom. The van der Waals surface area contributed by atoms with E-state index in [9.17, 15) is 5.26 Å². The van der Waals surface area contributed by atoms with Gasteiger partial charge in [0.1, 0.15) is 0 Å². The minimum absolute atomic E-state index is 0.0932. The Kier molecular flexibility index (Phi) is 6.62. The summed E-state index contributed by atoms with van der Waals surface area (Å²) >= 11 is 0. The maximum absolute atomic E-state index is 11.0. The predicted molar refractivity (Wildman–Crippen MR) is 264 cm³/mol. The van der Waals surface area contributed by atoms with Crippen molar-refractivity contribution in [2.75, 3.05) is 0 Å². The molecule has 0 amide bonds. The van der Waals surface area contributed by atoms with E-state index >= 15 is 0 Å². The van der Waals surface area contributed by atoms with Crippen LogP contribution in [-0.4, -0.2) is 13.4 Å². The molecule has 0 fully saturated rings. The molecule has 0 aliphatic carbocycles. The van der Waals surface area contributed by atoms with Crippen molar-refractivity contribution in [3.05, 3.63) is 199 Å². The Bertz CT molecular complexity index is 3660. The first-order valence-corrected chi connectivity index (χ1v) is 21.3. The topological polar surface area (TPSA) is 28.1 Å². The fourth-order valence-corrected chi connectivity index (χ4v) is 11.6. The number of benzene rings is 12. The van der Waals surface area contributed by atoms with Crippen LogP contribution in [0.5, 0.6) is 0 Å². The van der Waals surface area contributed by atoms with Gasteiger partial charge in [-0.2, -0.15) is 5.26 Å². The molecule has 0 aromatic heterocycles. The zero-order valence-corrected chi connectivity index (χ0v) is 33.4. The first-order valence-electron chi connectivity index (χ1n) is 21.3. The fraction of sp³-hybridized carbons (Fsp3) is 0. The number of hydrogen-bond acceptors (Lipinski definition) is 1. The molecule has 0 radical (unpaired) electrons. The maximum atomic E-state index is 11.0. The van der Waals surface area contributed by atoms with E-state index in [1.807, 2.05) is 0 Å². The van der Waals surface area contributed by atoms with E-state index < -0.39 is 0 Å². The Balaban J connectivity index is 1.09. The van der Waals surface area contributed by atoms with Crippen molar-refractivity contribution in [2.45, 2.75) is 0 Å². The van der Waals surface area contributed by atoms with Crippen LogP contribution in [0, 0.1) is 17.9 Å². The average molecular weight is 777 g/mol. The van der Waals surface area contributed by atoms with Crippen molar-refractivity contribution in [3.63, 3.8) is 0 Å². The zero-order valence-electron chi connectivity index (χ0n) is 33.4. The summed E-state index contributed by atoms with van der Waals surface area (Å²) in [6.45, 7) is 8.47. The number of nitriles is 1. The molecule has 0 saturated heterocycles. The SMILES string of the molecule is [C-]#[N+]c1cc(B2c3cc4ccccc4cc3-c3cc4ccccc4cc32)c2ccc3c(B4c5cc6ccccc6cc5-c5cc6ccccc6cc54)cc(C#N)c4ccc1c2c43. The lowest BCUT2D eigenvalue weighted by Crippen LogP contribution is -2.50. The first kappa shape index (κ1) is 33.6. The average Bonchev–Trinajstić information content (AvgIpc) is 3.79. The molecule has 14 rings (SSSR count). The van der Waals surface area contributed by atoms with E-state index in [1.54, 1.807) is 0 Å². The second kappa shape index (κ2) is 12.2. The molecule has 0 bridgehead atoms. The lowest BCUT2D eigenvalue weighted by Gasteiger charge is -2.22. The maximum Gasteiger partial charge on any atom is 0.243 e. The van der Waals surface area contributed by atoms with Crippen LogP contribution in [0.25, 0.3) is 103 Å². The predicted octanol–water partition coefficient (Wildman–Crippen LogP) is 10.6. The van der Waals surface area contributed by atoms with Crippen molar-refractivity contribution >= 4 is 127 Å². The number of rotatable bonds is 2. The molecule has 278 valence electrons. The molecule has 0 spiro atoms. The van der Waals surface area contributed by atoms with E-state index in [1.165, 1.54) is 87.2 Å². The van der Waals surface area contributed by atoms with Crippen molar-refractivity contribution in [1.82, 2.24) is 0 Å². The summed E-state index contributed by atoms with van der Waals surface area (Å²) in [7, 11) is 0. The second-order valence-corrected chi connectivity index (χ2v) is 17.3. The van der Waals surface area contributed by atoms with Gasteiger partial charge in [0.25, 0.3) is 0 Å². The van der Waals surface area contributed by atoms with Crippen LogP contribution < -0.4 is 32.8 Å². The number of fused-ring (bicyclic) bond motifs is 10. The van der Waals surface area contributed by atoms with Gasteiger partial charge in [-0.25, -0.2) is 4.85 Å². The Morgan fingerprint density at radius 2 is 0.677 bits per heavy atom. The Hall–Kier alpha value is -8.17. The molecule has 2 nitrogen and oxygen atoms in total. The van der Waals surface area contributed by atoms with Crippen molar-refractivity contribution in [2.24, 2.45) is 0 Å². The third kappa shape index (κ3) is 4.43. The molecule has 0 atom stereocenters. The number of nitrogens with zero attached hydrogens (tertiary/aromatic N) is 2. The van der Waals surface area contributed by atoms with Crippen LogP contribution in [0.3, 0.4) is 0 Å². The summed E-state index contributed by atoms with van der Waals surface area (Å²) in [5, 5.41) is 27.0. The van der Waals surface area contributed by atoms with Gasteiger partial charge in [-0.3, -0.25) is 0 Å². The standard InChI is InChI=1S/C58H30B2N2/c1-62-56-31-55(60-53-28-39-16-8-4-12-35(39)24-48(53)49-25-36-13-5-9-17-40(36)29-54(49)60)44-20-19-43-50(30-41(32-61)42-18-21-45(56)58(44)57(42)43)59-51-26-37-14-6-2-10-33(37)22-46(51)47-23-34-11-3-7-15-38(34)27-52(47)59/h2-31H. The largest absolute Gasteiger partial charge is 0.243 e. The first-order chi connectivity index (χ1) is 30.6. The van der Waals surface area contributed by atoms with E-state index in [0.29, 0.717) is 11.3 Å². The molecular formula is C58H30B2N2. The zero-order chi connectivity index (χ0) is 40.8. The van der Waals surface area contributed by atoms with Gasteiger partial charge in [0.2, 0.25) is 13.4 Å². The Labute approximate surface area is 358 Å². The van der Waals surface area contributed by atoms with Crippen LogP contribution in [-0.2, 0) is 0 Å². The monoisotopic (exact) mass is 776 g/mol. The van der Waals surface area contributed by atoms with E-state index in [-0.39, 0.29) is 13.4 Å². The minimum atomic E-state index is -0.0965. The quantitative estimate of drug-likeness (QED) is 0.0976.